The van der Waals surface area contributed by atoms with Crippen LogP contribution in [0.5, 0.6) is 0 Å². The van der Waals surface area contributed by atoms with Crippen molar-refractivity contribution in [2.24, 2.45) is 4.99 Å². The molecule has 0 saturated carbocycles. The molecule has 0 amide bonds. The van der Waals surface area contributed by atoms with E-state index in [1.54, 1.807) is 11.3 Å². The molecule has 132 valence electrons. The highest BCUT2D eigenvalue weighted by molar-refractivity contribution is 14.0. The number of benzene rings is 1. The molecule has 24 heavy (non-hydrogen) atoms. The molecular formula is C16H23ClIN5S. The van der Waals surface area contributed by atoms with Crippen LogP contribution >= 0.6 is 46.9 Å². The van der Waals surface area contributed by atoms with Crippen LogP contribution in [0.3, 0.4) is 0 Å². The Morgan fingerprint density at radius 1 is 1.29 bits per heavy atom. The SMILES string of the molecule is CCNC(=NCc1ccccc1Cl)NCc1csc(N(C)C)n1.I. The minimum atomic E-state index is 0. The molecule has 1 heterocycles. The van der Waals surface area contributed by atoms with Crippen LogP contribution in [0.2, 0.25) is 5.02 Å². The Kier molecular flexibility index (Phi) is 9.38. The second-order valence-corrected chi connectivity index (χ2v) is 6.40. The predicted octanol–water partition coefficient (Wildman–Crippen LogP) is 3.74. The molecule has 0 saturated heterocycles. The molecule has 0 atom stereocenters. The van der Waals surface area contributed by atoms with Crippen LogP contribution in [0.25, 0.3) is 0 Å². The van der Waals surface area contributed by atoms with E-state index in [2.05, 4.69) is 26.0 Å². The molecule has 5 nitrogen and oxygen atoms in total. The fourth-order valence-electron chi connectivity index (χ4n) is 1.89. The van der Waals surface area contributed by atoms with Gasteiger partial charge in [0.15, 0.2) is 11.1 Å². The average molecular weight is 480 g/mol. The van der Waals surface area contributed by atoms with Gasteiger partial charge in [0.05, 0.1) is 18.8 Å². The second-order valence-electron chi connectivity index (χ2n) is 5.16. The van der Waals surface area contributed by atoms with Crippen molar-refractivity contribution in [3.8, 4) is 0 Å². The van der Waals surface area contributed by atoms with Crippen molar-refractivity contribution in [2.45, 2.75) is 20.0 Å². The summed E-state index contributed by atoms with van der Waals surface area (Å²) in [6.07, 6.45) is 0. The average Bonchev–Trinajstić information content (AvgIpc) is 3.00. The number of thiazole rings is 1. The summed E-state index contributed by atoms with van der Waals surface area (Å²) in [7, 11) is 3.98. The summed E-state index contributed by atoms with van der Waals surface area (Å²) in [5.74, 6) is 0.756. The van der Waals surface area contributed by atoms with Gasteiger partial charge in [-0.05, 0) is 18.6 Å². The maximum atomic E-state index is 6.17. The van der Waals surface area contributed by atoms with Gasteiger partial charge in [-0.15, -0.1) is 35.3 Å². The summed E-state index contributed by atoms with van der Waals surface area (Å²) in [6, 6.07) is 7.75. The molecule has 0 aliphatic rings. The molecule has 2 N–H and O–H groups in total. The fourth-order valence-corrected chi connectivity index (χ4v) is 2.84. The van der Waals surface area contributed by atoms with Crippen LogP contribution in [0.1, 0.15) is 18.2 Å². The third-order valence-corrected chi connectivity index (χ3v) is 4.49. The van der Waals surface area contributed by atoms with Crippen molar-refractivity contribution in [3.05, 3.63) is 45.9 Å². The van der Waals surface area contributed by atoms with E-state index in [-0.39, 0.29) is 24.0 Å². The van der Waals surface area contributed by atoms with Gasteiger partial charge >= 0.3 is 0 Å². The number of hydrogen-bond acceptors (Lipinski definition) is 4. The predicted molar refractivity (Wildman–Crippen MR) is 115 cm³/mol. The van der Waals surface area contributed by atoms with Gasteiger partial charge in [-0.25, -0.2) is 9.98 Å². The van der Waals surface area contributed by atoms with Crippen LogP contribution in [0, 0.1) is 0 Å². The molecule has 2 rings (SSSR count). The highest BCUT2D eigenvalue weighted by atomic mass is 127. The first-order valence-electron chi connectivity index (χ1n) is 7.47. The number of nitrogens with zero attached hydrogens (tertiary/aromatic N) is 3. The van der Waals surface area contributed by atoms with Crippen molar-refractivity contribution in [3.63, 3.8) is 0 Å². The Balaban J connectivity index is 0.00000288. The smallest absolute Gasteiger partial charge is 0.191 e. The molecule has 0 unspecified atom stereocenters. The van der Waals surface area contributed by atoms with Gasteiger partial charge < -0.3 is 15.5 Å². The molecule has 2 aromatic rings. The maximum absolute atomic E-state index is 6.17. The lowest BCUT2D eigenvalue weighted by Gasteiger charge is -2.11. The molecule has 0 aliphatic heterocycles. The summed E-state index contributed by atoms with van der Waals surface area (Å²) in [5.41, 5.74) is 2.01. The number of nitrogens with one attached hydrogen (secondary N) is 2. The fraction of sp³-hybridized carbons (Fsp3) is 0.375. The molecule has 8 heteroatoms. The first-order valence-corrected chi connectivity index (χ1v) is 8.73. The van der Waals surface area contributed by atoms with Gasteiger partial charge in [-0.1, -0.05) is 29.8 Å². The Hall–Kier alpha value is -1.06. The number of anilines is 1. The number of guanidine groups is 1. The summed E-state index contributed by atoms with van der Waals surface area (Å²) < 4.78 is 0. The lowest BCUT2D eigenvalue weighted by molar-refractivity contribution is 0.803. The number of hydrogen-bond donors (Lipinski definition) is 2. The highest BCUT2D eigenvalue weighted by Gasteiger charge is 2.05. The molecule has 0 radical (unpaired) electrons. The van der Waals surface area contributed by atoms with E-state index in [0.29, 0.717) is 13.1 Å². The summed E-state index contributed by atoms with van der Waals surface area (Å²) in [4.78, 5) is 11.1. The maximum Gasteiger partial charge on any atom is 0.191 e. The van der Waals surface area contributed by atoms with Crippen molar-refractivity contribution >= 4 is 58.0 Å². The van der Waals surface area contributed by atoms with Crippen LogP contribution in [0.15, 0.2) is 34.6 Å². The van der Waals surface area contributed by atoms with E-state index >= 15 is 0 Å². The molecule has 0 spiro atoms. The molecule has 1 aromatic carbocycles. The molecule has 0 fully saturated rings. The van der Waals surface area contributed by atoms with Gasteiger partial charge in [0.2, 0.25) is 0 Å². The topological polar surface area (TPSA) is 52.6 Å². The lowest BCUT2D eigenvalue weighted by atomic mass is 10.2. The second kappa shape index (κ2) is 10.7. The Morgan fingerprint density at radius 2 is 2.04 bits per heavy atom. The number of rotatable bonds is 6. The first-order chi connectivity index (χ1) is 11.1. The normalized spacial score (nSPS) is 10.9. The minimum absolute atomic E-state index is 0. The molecule has 1 aromatic heterocycles. The van der Waals surface area contributed by atoms with Crippen molar-refractivity contribution in [1.82, 2.24) is 15.6 Å². The third kappa shape index (κ3) is 6.45. The van der Waals surface area contributed by atoms with Crippen molar-refractivity contribution in [2.75, 3.05) is 25.5 Å². The van der Waals surface area contributed by atoms with E-state index < -0.39 is 0 Å². The van der Waals surface area contributed by atoms with E-state index in [1.807, 2.05) is 50.2 Å². The zero-order chi connectivity index (χ0) is 16.7. The Bertz CT molecular complexity index is 659. The third-order valence-electron chi connectivity index (χ3n) is 3.07. The molecule has 0 aliphatic carbocycles. The monoisotopic (exact) mass is 479 g/mol. The Labute approximate surface area is 169 Å². The van der Waals surface area contributed by atoms with Crippen LogP contribution in [-0.4, -0.2) is 31.6 Å². The molecule has 0 bridgehead atoms. The Morgan fingerprint density at radius 3 is 2.67 bits per heavy atom. The lowest BCUT2D eigenvalue weighted by Crippen LogP contribution is -2.36. The van der Waals surface area contributed by atoms with Gasteiger partial charge in [0, 0.05) is 31.0 Å². The number of aromatic nitrogens is 1. The van der Waals surface area contributed by atoms with E-state index in [4.69, 9.17) is 11.6 Å². The zero-order valence-corrected chi connectivity index (χ0v) is 17.9. The van der Waals surface area contributed by atoms with Crippen LogP contribution < -0.4 is 15.5 Å². The van der Waals surface area contributed by atoms with E-state index in [0.717, 1.165) is 33.9 Å². The van der Waals surface area contributed by atoms with Gasteiger partial charge in [0.1, 0.15) is 0 Å². The van der Waals surface area contributed by atoms with E-state index in [9.17, 15) is 0 Å². The molecular weight excluding hydrogens is 457 g/mol. The van der Waals surface area contributed by atoms with Crippen molar-refractivity contribution < 1.29 is 0 Å². The number of aliphatic imine (C=N–C) groups is 1. The zero-order valence-electron chi connectivity index (χ0n) is 14.0. The number of halogens is 2. The van der Waals surface area contributed by atoms with Crippen molar-refractivity contribution in [1.29, 1.82) is 0 Å². The highest BCUT2D eigenvalue weighted by Crippen LogP contribution is 2.18. The van der Waals surface area contributed by atoms with Gasteiger partial charge in [-0.3, -0.25) is 0 Å². The summed E-state index contributed by atoms with van der Waals surface area (Å²) >= 11 is 7.80. The standard InChI is InChI=1S/C16H22ClN5S.HI/c1-4-18-15(19-9-12-7-5-6-8-14(12)17)20-10-13-11-23-16(21-13)22(2)3;/h5-8,11H,4,9-10H2,1-3H3,(H2,18,19,20);1H. The largest absolute Gasteiger partial charge is 0.357 e. The first kappa shape index (κ1) is 21.0. The van der Waals surface area contributed by atoms with Gasteiger partial charge in [-0.2, -0.15) is 0 Å². The summed E-state index contributed by atoms with van der Waals surface area (Å²) in [5, 5.41) is 10.3. The van der Waals surface area contributed by atoms with Gasteiger partial charge in [0.25, 0.3) is 0 Å². The minimum Gasteiger partial charge on any atom is -0.357 e. The van der Waals surface area contributed by atoms with E-state index in [1.165, 1.54) is 0 Å². The van der Waals surface area contributed by atoms with Crippen LogP contribution in [0.4, 0.5) is 5.13 Å². The quantitative estimate of drug-likeness (QED) is 0.377. The summed E-state index contributed by atoms with van der Waals surface area (Å²) in [6.45, 7) is 4.02. The van der Waals surface area contributed by atoms with Crippen LogP contribution in [-0.2, 0) is 13.1 Å².